The van der Waals surface area contributed by atoms with E-state index in [1.54, 1.807) is 62.1 Å². The van der Waals surface area contributed by atoms with Crippen molar-refractivity contribution in [3.63, 3.8) is 0 Å². The van der Waals surface area contributed by atoms with E-state index in [4.69, 9.17) is 9.72 Å². The van der Waals surface area contributed by atoms with Gasteiger partial charge in [0.1, 0.15) is 23.8 Å². The molecule has 0 unspecified atom stereocenters. The minimum absolute atomic E-state index is 0.0345. The number of carbonyl (C=O) groups is 3. The zero-order chi connectivity index (χ0) is 32.4. The Morgan fingerprint density at radius 2 is 1.89 bits per heavy atom. The van der Waals surface area contributed by atoms with Gasteiger partial charge in [0.25, 0.3) is 5.91 Å². The average Bonchev–Trinajstić information content (AvgIpc) is 3.01. The van der Waals surface area contributed by atoms with Crippen molar-refractivity contribution in [2.75, 3.05) is 38.0 Å². The molecule has 0 bridgehead atoms. The SMILES string of the molecule is CC(C)(C)OC(=O)NCC(=O)N1CCC[C@H](CNC(=O)c2ccc(-c3ccccc3C#N)nc2NCCc2cccc(F)c2)C1. The molecule has 45 heavy (non-hydrogen) atoms. The highest BCUT2D eigenvalue weighted by Gasteiger charge is 2.26. The molecule has 10 nitrogen and oxygen atoms in total. The Morgan fingerprint density at radius 1 is 1.09 bits per heavy atom. The molecule has 1 aliphatic rings. The maximum absolute atomic E-state index is 13.7. The number of alkyl carbamates (subject to hydrolysis) is 1. The molecular formula is C34H39FN6O4. The molecule has 1 fully saturated rings. The first-order valence-corrected chi connectivity index (χ1v) is 15.0. The van der Waals surface area contributed by atoms with E-state index in [0.29, 0.717) is 60.8 Å². The molecule has 0 radical (unpaired) electrons. The number of likely N-dealkylation sites (tertiary alicyclic amines) is 1. The minimum atomic E-state index is -0.658. The summed E-state index contributed by atoms with van der Waals surface area (Å²) in [4.78, 5) is 44.5. The van der Waals surface area contributed by atoms with E-state index in [-0.39, 0.29) is 30.1 Å². The van der Waals surface area contributed by atoms with Crippen molar-refractivity contribution in [3.05, 3.63) is 83.2 Å². The van der Waals surface area contributed by atoms with E-state index >= 15 is 0 Å². The van der Waals surface area contributed by atoms with Gasteiger partial charge in [-0.3, -0.25) is 9.59 Å². The van der Waals surface area contributed by atoms with Gasteiger partial charge >= 0.3 is 6.09 Å². The van der Waals surface area contributed by atoms with Crippen LogP contribution in [0.2, 0.25) is 0 Å². The van der Waals surface area contributed by atoms with Crippen LogP contribution in [0.15, 0.2) is 60.7 Å². The van der Waals surface area contributed by atoms with E-state index in [2.05, 4.69) is 22.0 Å². The highest BCUT2D eigenvalue weighted by Crippen LogP contribution is 2.25. The summed E-state index contributed by atoms with van der Waals surface area (Å²) in [5.74, 6) is -0.469. The maximum atomic E-state index is 13.7. The van der Waals surface area contributed by atoms with Crippen LogP contribution in [0.1, 0.15) is 55.1 Å². The van der Waals surface area contributed by atoms with E-state index in [1.807, 2.05) is 12.1 Å². The zero-order valence-electron chi connectivity index (χ0n) is 25.9. The highest BCUT2D eigenvalue weighted by molar-refractivity contribution is 5.99. The Morgan fingerprint density at radius 3 is 2.64 bits per heavy atom. The lowest BCUT2D eigenvalue weighted by molar-refractivity contribution is -0.132. The highest BCUT2D eigenvalue weighted by atomic mass is 19.1. The van der Waals surface area contributed by atoms with E-state index in [1.165, 1.54) is 12.1 Å². The number of piperidine rings is 1. The van der Waals surface area contributed by atoms with Gasteiger partial charge in [0.2, 0.25) is 5.91 Å². The van der Waals surface area contributed by atoms with Crippen LogP contribution in [0, 0.1) is 23.1 Å². The van der Waals surface area contributed by atoms with Crippen LogP contribution in [-0.4, -0.2) is 66.1 Å². The van der Waals surface area contributed by atoms with E-state index in [9.17, 15) is 24.0 Å². The summed E-state index contributed by atoms with van der Waals surface area (Å²) in [6.07, 6.45) is 1.48. The summed E-state index contributed by atoms with van der Waals surface area (Å²) < 4.78 is 18.9. The summed E-state index contributed by atoms with van der Waals surface area (Å²) in [6.45, 7) is 6.88. The average molecular weight is 615 g/mol. The molecule has 11 heteroatoms. The van der Waals surface area contributed by atoms with E-state index < -0.39 is 11.7 Å². The van der Waals surface area contributed by atoms with Gasteiger partial charge in [-0.05, 0) is 81.8 Å². The number of hydrogen-bond donors (Lipinski definition) is 3. The van der Waals surface area contributed by atoms with Gasteiger partial charge < -0.3 is 25.6 Å². The van der Waals surface area contributed by atoms with Crippen molar-refractivity contribution < 1.29 is 23.5 Å². The van der Waals surface area contributed by atoms with Crippen LogP contribution in [0.5, 0.6) is 0 Å². The van der Waals surface area contributed by atoms with Crippen LogP contribution in [0.4, 0.5) is 15.0 Å². The van der Waals surface area contributed by atoms with Crippen LogP contribution < -0.4 is 16.0 Å². The lowest BCUT2D eigenvalue weighted by atomic mass is 9.97. The Balaban J connectivity index is 1.41. The Bertz CT molecular complexity index is 1560. The summed E-state index contributed by atoms with van der Waals surface area (Å²) in [7, 11) is 0. The molecular weight excluding hydrogens is 575 g/mol. The first-order valence-electron chi connectivity index (χ1n) is 15.0. The molecule has 3 N–H and O–H groups in total. The fraction of sp³-hybridized carbons (Fsp3) is 0.382. The molecule has 2 heterocycles. The number of nitrogens with one attached hydrogen (secondary N) is 3. The first kappa shape index (κ1) is 32.9. The van der Waals surface area contributed by atoms with Crippen molar-refractivity contribution in [1.82, 2.24) is 20.5 Å². The number of rotatable bonds is 10. The molecule has 236 valence electrons. The molecule has 1 atom stereocenters. The Labute approximate surface area is 263 Å². The van der Waals surface area contributed by atoms with Gasteiger partial charge in [-0.2, -0.15) is 5.26 Å². The Kier molecular flexibility index (Phi) is 11.1. The number of anilines is 1. The summed E-state index contributed by atoms with van der Waals surface area (Å²) in [5, 5.41) is 18.3. The second-order valence-electron chi connectivity index (χ2n) is 12.0. The van der Waals surface area contributed by atoms with Crippen LogP contribution in [-0.2, 0) is 16.0 Å². The van der Waals surface area contributed by atoms with Gasteiger partial charge in [0, 0.05) is 31.7 Å². The summed E-state index contributed by atoms with van der Waals surface area (Å²) in [6, 6.07) is 19.0. The standard InChI is InChI=1S/C34H39FN6O4/c1-34(2,3)45-33(44)39-21-30(42)41-17-7-9-24(22-41)20-38-32(43)28-13-14-29(27-12-5-4-10-25(27)19-36)40-31(28)37-16-15-23-8-6-11-26(35)18-23/h4-6,8,10-14,18,24H,7,9,15-17,20-22H2,1-3H3,(H,37,40)(H,38,43)(H,39,44)/t24-/m1/s1. The minimum Gasteiger partial charge on any atom is -0.444 e. The number of aromatic nitrogens is 1. The second-order valence-corrected chi connectivity index (χ2v) is 12.0. The first-order chi connectivity index (χ1) is 21.5. The van der Waals surface area contributed by atoms with Gasteiger partial charge in [-0.1, -0.05) is 30.3 Å². The van der Waals surface area contributed by atoms with E-state index in [0.717, 1.165) is 18.4 Å². The van der Waals surface area contributed by atoms with Crippen molar-refractivity contribution >= 4 is 23.7 Å². The molecule has 1 saturated heterocycles. The maximum Gasteiger partial charge on any atom is 0.408 e. The topological polar surface area (TPSA) is 136 Å². The largest absolute Gasteiger partial charge is 0.444 e. The van der Waals surface area contributed by atoms with Gasteiger partial charge in [0.15, 0.2) is 0 Å². The molecule has 1 aromatic heterocycles. The van der Waals surface area contributed by atoms with Gasteiger partial charge in [0.05, 0.1) is 22.9 Å². The number of benzene rings is 2. The number of carbonyl (C=O) groups excluding carboxylic acids is 3. The van der Waals surface area contributed by atoms with Gasteiger partial charge in [-0.25, -0.2) is 14.2 Å². The second kappa shape index (κ2) is 15.1. The molecule has 0 spiro atoms. The third kappa shape index (κ3) is 9.76. The molecule has 3 aromatic rings. The number of pyridine rings is 1. The fourth-order valence-corrected chi connectivity index (χ4v) is 5.11. The number of hydrogen-bond acceptors (Lipinski definition) is 7. The number of nitrogens with zero attached hydrogens (tertiary/aromatic N) is 3. The van der Waals surface area contributed by atoms with Crippen LogP contribution in [0.25, 0.3) is 11.3 Å². The summed E-state index contributed by atoms with van der Waals surface area (Å²) >= 11 is 0. The molecule has 0 saturated carbocycles. The number of ether oxygens (including phenoxy) is 1. The molecule has 1 aliphatic heterocycles. The van der Waals surface area contributed by atoms with Gasteiger partial charge in [-0.15, -0.1) is 0 Å². The third-order valence-corrected chi connectivity index (χ3v) is 7.26. The third-order valence-electron chi connectivity index (χ3n) is 7.26. The van der Waals surface area contributed by atoms with Crippen molar-refractivity contribution in [3.8, 4) is 17.3 Å². The molecule has 0 aliphatic carbocycles. The predicted octanol–water partition coefficient (Wildman–Crippen LogP) is 4.91. The predicted molar refractivity (Wildman–Crippen MR) is 169 cm³/mol. The Hall–Kier alpha value is -4.98. The fourth-order valence-electron chi connectivity index (χ4n) is 5.11. The van der Waals surface area contributed by atoms with Crippen molar-refractivity contribution in [2.24, 2.45) is 5.92 Å². The van der Waals surface area contributed by atoms with Crippen molar-refractivity contribution in [2.45, 2.75) is 45.6 Å². The van der Waals surface area contributed by atoms with Crippen LogP contribution >= 0.6 is 0 Å². The number of amides is 3. The zero-order valence-corrected chi connectivity index (χ0v) is 25.9. The normalized spacial score (nSPS) is 14.6. The molecule has 3 amide bonds. The molecule has 2 aromatic carbocycles. The smallest absolute Gasteiger partial charge is 0.408 e. The lowest BCUT2D eigenvalue weighted by Gasteiger charge is -2.33. The number of halogens is 1. The summed E-state index contributed by atoms with van der Waals surface area (Å²) in [5.41, 5.74) is 2.13. The number of nitriles is 1. The lowest BCUT2D eigenvalue weighted by Crippen LogP contribution is -2.47. The monoisotopic (exact) mass is 614 g/mol. The van der Waals surface area contributed by atoms with Crippen molar-refractivity contribution in [1.29, 1.82) is 5.26 Å². The van der Waals surface area contributed by atoms with Crippen LogP contribution in [0.3, 0.4) is 0 Å². The molecule has 4 rings (SSSR count). The quantitative estimate of drug-likeness (QED) is 0.295.